The van der Waals surface area contributed by atoms with Gasteiger partial charge in [0.25, 0.3) is 0 Å². The molecule has 0 saturated heterocycles. The third kappa shape index (κ3) is 2.40. The van der Waals surface area contributed by atoms with Crippen molar-refractivity contribution in [3.8, 4) is 0 Å². The maximum Gasteiger partial charge on any atom is 0.330 e. The number of hydrogen-bond donors (Lipinski definition) is 0. The van der Waals surface area contributed by atoms with Crippen LogP contribution in [0.2, 0.25) is 0 Å². The van der Waals surface area contributed by atoms with E-state index in [1.165, 1.54) is 6.08 Å². The molecule has 0 N–H and O–H groups in total. The molecule has 0 unspecified atom stereocenters. The largest absolute Gasteiger partial charge is 0.463 e. The number of carbonyl (C=O) groups is 1. The van der Waals surface area contributed by atoms with E-state index in [0.717, 1.165) is 22.4 Å². The van der Waals surface area contributed by atoms with Gasteiger partial charge in [-0.3, -0.25) is 0 Å². The summed E-state index contributed by atoms with van der Waals surface area (Å²) in [5, 5.41) is 9.15. The van der Waals surface area contributed by atoms with Gasteiger partial charge in [0.2, 0.25) is 0 Å². The van der Waals surface area contributed by atoms with Gasteiger partial charge in [-0.15, -0.1) is 5.10 Å². The van der Waals surface area contributed by atoms with Crippen molar-refractivity contribution in [2.24, 2.45) is 7.05 Å². The molecule has 0 aliphatic rings. The average Bonchev–Trinajstić information content (AvgIpc) is 2.63. The van der Waals surface area contributed by atoms with Crippen LogP contribution in [0.4, 0.5) is 0 Å². The molecule has 2 heterocycles. The zero-order valence-electron chi connectivity index (χ0n) is 10.7. The SMILES string of the molecule is CCOC(=O)/C=C/c1cc2cc(C)nnc2n1C. The summed E-state index contributed by atoms with van der Waals surface area (Å²) in [6.45, 7) is 4.05. The summed E-state index contributed by atoms with van der Waals surface area (Å²) < 4.78 is 6.72. The van der Waals surface area contributed by atoms with Crippen LogP contribution in [0.3, 0.4) is 0 Å². The van der Waals surface area contributed by atoms with E-state index in [1.54, 1.807) is 13.0 Å². The standard InChI is InChI=1S/C13H15N3O2/c1-4-18-12(17)6-5-11-8-10-7-9(2)14-15-13(10)16(11)3/h5-8H,4H2,1-3H3/b6-5+. The number of esters is 1. The number of ether oxygens (including phenoxy) is 1. The molecule has 2 rings (SSSR count). The van der Waals surface area contributed by atoms with Crippen LogP contribution in [0.1, 0.15) is 18.3 Å². The van der Waals surface area contributed by atoms with E-state index >= 15 is 0 Å². The minimum atomic E-state index is -0.343. The molecular formula is C13H15N3O2. The first kappa shape index (κ1) is 12.3. The second-order valence-electron chi connectivity index (χ2n) is 3.98. The highest BCUT2D eigenvalue weighted by molar-refractivity contribution is 5.88. The number of aryl methyl sites for hydroxylation is 2. The Morgan fingerprint density at radius 2 is 2.22 bits per heavy atom. The lowest BCUT2D eigenvalue weighted by atomic mass is 10.3. The van der Waals surface area contributed by atoms with Gasteiger partial charge in [-0.1, -0.05) is 0 Å². The Labute approximate surface area is 105 Å². The molecular weight excluding hydrogens is 230 g/mol. The summed E-state index contributed by atoms with van der Waals surface area (Å²) >= 11 is 0. The molecule has 0 aromatic carbocycles. The highest BCUT2D eigenvalue weighted by atomic mass is 16.5. The lowest BCUT2D eigenvalue weighted by molar-refractivity contribution is -0.137. The van der Waals surface area contributed by atoms with Gasteiger partial charge in [-0.25, -0.2) is 4.79 Å². The topological polar surface area (TPSA) is 57.0 Å². The summed E-state index contributed by atoms with van der Waals surface area (Å²) in [5.74, 6) is -0.343. The Bertz CT molecular complexity index is 614. The van der Waals surface area contributed by atoms with Crippen molar-refractivity contribution in [1.82, 2.24) is 14.8 Å². The zero-order valence-corrected chi connectivity index (χ0v) is 10.7. The van der Waals surface area contributed by atoms with Crippen LogP contribution in [0.5, 0.6) is 0 Å². The molecule has 0 atom stereocenters. The second kappa shape index (κ2) is 5.00. The summed E-state index contributed by atoms with van der Waals surface area (Å²) in [4.78, 5) is 11.3. The van der Waals surface area contributed by atoms with Crippen molar-refractivity contribution < 1.29 is 9.53 Å². The lowest BCUT2D eigenvalue weighted by Crippen LogP contribution is -1.99. The number of fused-ring (bicyclic) bond motifs is 1. The Kier molecular flexibility index (Phi) is 3.41. The molecule has 0 saturated carbocycles. The monoisotopic (exact) mass is 245 g/mol. The minimum absolute atomic E-state index is 0.343. The number of aromatic nitrogens is 3. The Balaban J connectivity index is 2.34. The normalized spacial score (nSPS) is 11.3. The lowest BCUT2D eigenvalue weighted by Gasteiger charge is -1.98. The molecule has 2 aromatic rings. The van der Waals surface area contributed by atoms with Gasteiger partial charge in [-0.2, -0.15) is 5.10 Å². The fraction of sp³-hybridized carbons (Fsp3) is 0.308. The highest BCUT2D eigenvalue weighted by Gasteiger charge is 2.06. The van der Waals surface area contributed by atoms with Crippen molar-refractivity contribution in [2.75, 3.05) is 6.61 Å². The van der Waals surface area contributed by atoms with Crippen LogP contribution in [0, 0.1) is 6.92 Å². The van der Waals surface area contributed by atoms with Crippen LogP contribution in [0.15, 0.2) is 18.2 Å². The first-order valence-electron chi connectivity index (χ1n) is 5.76. The molecule has 0 spiro atoms. The van der Waals surface area contributed by atoms with Gasteiger partial charge < -0.3 is 9.30 Å². The second-order valence-corrected chi connectivity index (χ2v) is 3.98. The predicted octanol–water partition coefficient (Wildman–Crippen LogP) is 1.85. The Hall–Kier alpha value is -2.17. The van der Waals surface area contributed by atoms with Gasteiger partial charge in [-0.05, 0) is 32.1 Å². The molecule has 0 radical (unpaired) electrons. The zero-order chi connectivity index (χ0) is 13.1. The van der Waals surface area contributed by atoms with Gasteiger partial charge in [0.15, 0.2) is 5.65 Å². The fourth-order valence-electron chi connectivity index (χ4n) is 1.75. The molecule has 0 aliphatic carbocycles. The van der Waals surface area contributed by atoms with Crippen molar-refractivity contribution in [3.05, 3.63) is 29.6 Å². The number of hydrogen-bond acceptors (Lipinski definition) is 4. The predicted molar refractivity (Wildman–Crippen MR) is 68.9 cm³/mol. The molecule has 0 fully saturated rings. The van der Waals surface area contributed by atoms with Crippen LogP contribution >= 0.6 is 0 Å². The third-order valence-corrected chi connectivity index (χ3v) is 2.61. The van der Waals surface area contributed by atoms with E-state index in [2.05, 4.69) is 10.2 Å². The van der Waals surface area contributed by atoms with Crippen molar-refractivity contribution in [3.63, 3.8) is 0 Å². The maximum atomic E-state index is 11.3. The van der Waals surface area contributed by atoms with E-state index in [-0.39, 0.29) is 5.97 Å². The van der Waals surface area contributed by atoms with Crippen molar-refractivity contribution in [1.29, 1.82) is 0 Å². The van der Waals surface area contributed by atoms with E-state index < -0.39 is 0 Å². The fourth-order valence-corrected chi connectivity index (χ4v) is 1.75. The van der Waals surface area contributed by atoms with Gasteiger partial charge in [0.1, 0.15) is 0 Å². The molecule has 0 amide bonds. The molecule has 94 valence electrons. The van der Waals surface area contributed by atoms with E-state index in [4.69, 9.17) is 4.74 Å². The van der Waals surface area contributed by atoms with Crippen LogP contribution in [-0.4, -0.2) is 27.3 Å². The summed E-state index contributed by atoms with van der Waals surface area (Å²) in [5.41, 5.74) is 2.55. The van der Waals surface area contributed by atoms with Gasteiger partial charge >= 0.3 is 5.97 Å². The Morgan fingerprint density at radius 3 is 2.94 bits per heavy atom. The van der Waals surface area contributed by atoms with E-state index in [9.17, 15) is 4.79 Å². The molecule has 0 bridgehead atoms. The molecule has 5 heteroatoms. The van der Waals surface area contributed by atoms with E-state index in [0.29, 0.717) is 6.61 Å². The first-order chi connectivity index (χ1) is 8.61. The third-order valence-electron chi connectivity index (χ3n) is 2.61. The van der Waals surface area contributed by atoms with Gasteiger partial charge in [0.05, 0.1) is 12.3 Å². The molecule has 5 nitrogen and oxygen atoms in total. The number of carbonyl (C=O) groups excluding carboxylic acids is 1. The summed E-state index contributed by atoms with van der Waals surface area (Å²) in [7, 11) is 1.89. The van der Waals surface area contributed by atoms with Crippen molar-refractivity contribution >= 4 is 23.1 Å². The van der Waals surface area contributed by atoms with Crippen LogP contribution < -0.4 is 0 Å². The average molecular weight is 245 g/mol. The van der Waals surface area contributed by atoms with E-state index in [1.807, 2.05) is 30.7 Å². The molecule has 18 heavy (non-hydrogen) atoms. The highest BCUT2D eigenvalue weighted by Crippen LogP contribution is 2.17. The minimum Gasteiger partial charge on any atom is -0.463 e. The molecule has 0 aliphatic heterocycles. The quantitative estimate of drug-likeness (QED) is 0.611. The Morgan fingerprint density at radius 1 is 1.44 bits per heavy atom. The summed E-state index contributed by atoms with van der Waals surface area (Å²) in [6.07, 6.45) is 3.13. The number of rotatable bonds is 3. The maximum absolute atomic E-state index is 11.3. The first-order valence-corrected chi connectivity index (χ1v) is 5.76. The van der Waals surface area contributed by atoms with Crippen LogP contribution in [-0.2, 0) is 16.6 Å². The van der Waals surface area contributed by atoms with Crippen molar-refractivity contribution in [2.45, 2.75) is 13.8 Å². The summed E-state index contributed by atoms with van der Waals surface area (Å²) in [6, 6.07) is 3.93. The van der Waals surface area contributed by atoms with Crippen LogP contribution in [0.25, 0.3) is 17.1 Å². The van der Waals surface area contributed by atoms with Gasteiger partial charge in [0, 0.05) is 24.2 Å². The molecule has 2 aromatic heterocycles. The number of nitrogens with zero attached hydrogens (tertiary/aromatic N) is 3. The smallest absolute Gasteiger partial charge is 0.330 e.